The molecule has 9 nitrogen and oxygen atoms in total. The normalized spacial score (nSPS) is 12.8. The smallest absolute Gasteiger partial charge is 0.306 e. The lowest BCUT2D eigenvalue weighted by atomic mass is 10.0. The number of hydrogen-bond donors (Lipinski definition) is 0. The molecule has 68 heavy (non-hydrogen) atoms. The highest BCUT2D eigenvalue weighted by Gasteiger charge is 2.22. The predicted molar refractivity (Wildman–Crippen MR) is 283 cm³/mol. The molecule has 0 heterocycles. The van der Waals surface area contributed by atoms with E-state index in [-0.39, 0.29) is 32.2 Å². The van der Waals surface area contributed by atoms with Gasteiger partial charge < -0.3 is 33.3 Å². The van der Waals surface area contributed by atoms with E-state index < -0.39 is 24.3 Å². The van der Waals surface area contributed by atoms with Crippen molar-refractivity contribution in [2.24, 2.45) is 0 Å². The summed E-state index contributed by atoms with van der Waals surface area (Å²) in [5.74, 6) is -2.26. The van der Waals surface area contributed by atoms with Crippen LogP contribution in [0, 0.1) is 0 Å². The topological polar surface area (TPSA) is 111 Å². The van der Waals surface area contributed by atoms with Crippen LogP contribution in [0.5, 0.6) is 0 Å². The van der Waals surface area contributed by atoms with E-state index in [9.17, 15) is 19.5 Å². The average molecular weight is 965 g/mol. The fourth-order valence-electron chi connectivity index (χ4n) is 8.71. The lowest BCUT2D eigenvalue weighted by molar-refractivity contribution is -0.870. The van der Waals surface area contributed by atoms with Gasteiger partial charge in [-0.1, -0.05) is 251 Å². The zero-order chi connectivity index (χ0) is 49.9. The third kappa shape index (κ3) is 51.9. The summed E-state index contributed by atoms with van der Waals surface area (Å²) in [6.45, 7) is 4.80. The molecular formula is C59H113NO8. The summed E-state index contributed by atoms with van der Waals surface area (Å²) in [6, 6.07) is 0. The maximum Gasteiger partial charge on any atom is 0.306 e. The van der Waals surface area contributed by atoms with Crippen LogP contribution < -0.4 is 5.11 Å². The van der Waals surface area contributed by atoms with Gasteiger partial charge in [0.15, 0.2) is 12.4 Å². The quantitative estimate of drug-likeness (QED) is 0.0195. The van der Waals surface area contributed by atoms with E-state index in [1.54, 1.807) is 0 Å². The number of esters is 2. The molecule has 0 rings (SSSR count). The van der Waals surface area contributed by atoms with E-state index in [0.717, 1.165) is 38.5 Å². The van der Waals surface area contributed by atoms with Gasteiger partial charge in [-0.3, -0.25) is 9.59 Å². The van der Waals surface area contributed by atoms with Gasteiger partial charge >= 0.3 is 11.9 Å². The molecule has 0 aliphatic rings. The summed E-state index contributed by atoms with van der Waals surface area (Å²) < 4.78 is 22.7. The summed E-state index contributed by atoms with van der Waals surface area (Å²) >= 11 is 0. The second kappa shape index (κ2) is 51.4. The maximum absolute atomic E-state index is 12.9. The van der Waals surface area contributed by atoms with Crippen molar-refractivity contribution in [1.82, 2.24) is 0 Å². The minimum Gasteiger partial charge on any atom is -0.545 e. The largest absolute Gasteiger partial charge is 0.545 e. The number of unbranched alkanes of at least 4 members (excludes halogenated alkanes) is 38. The van der Waals surface area contributed by atoms with Gasteiger partial charge in [-0.2, -0.15) is 0 Å². The zero-order valence-corrected chi connectivity index (χ0v) is 45.8. The lowest BCUT2D eigenvalue weighted by Crippen LogP contribution is -2.44. The Kier molecular flexibility index (Phi) is 49.9. The molecule has 0 aromatic rings. The number of carboxylic acids is 1. The molecule has 2 unspecified atom stereocenters. The molecule has 2 atom stereocenters. The second-order valence-electron chi connectivity index (χ2n) is 21.3. The van der Waals surface area contributed by atoms with Crippen LogP contribution in [0.25, 0.3) is 0 Å². The minimum absolute atomic E-state index is 0.152. The van der Waals surface area contributed by atoms with Gasteiger partial charge in [0.1, 0.15) is 13.2 Å². The highest BCUT2D eigenvalue weighted by atomic mass is 16.7. The Bertz CT molecular complexity index is 1120. The van der Waals surface area contributed by atoms with Gasteiger partial charge in [-0.25, -0.2) is 0 Å². The fourth-order valence-corrected chi connectivity index (χ4v) is 8.71. The first-order chi connectivity index (χ1) is 33.1. The van der Waals surface area contributed by atoms with Gasteiger partial charge in [-0.15, -0.1) is 0 Å². The molecule has 0 spiro atoms. The lowest BCUT2D eigenvalue weighted by Gasteiger charge is -2.26. The molecular weight excluding hydrogens is 851 g/mol. The molecule has 0 aliphatic carbocycles. The fraction of sp³-hybridized carbons (Fsp3) is 0.915. The molecule has 0 saturated heterocycles. The molecule has 9 heteroatoms. The Morgan fingerprint density at radius 2 is 0.750 bits per heavy atom. The molecule has 0 N–H and O–H groups in total. The number of hydrogen-bond acceptors (Lipinski definition) is 8. The van der Waals surface area contributed by atoms with Crippen molar-refractivity contribution in [3.8, 4) is 0 Å². The van der Waals surface area contributed by atoms with Crippen LogP contribution in [0.3, 0.4) is 0 Å². The van der Waals surface area contributed by atoms with Crippen LogP contribution in [0.4, 0.5) is 0 Å². The Morgan fingerprint density at radius 1 is 0.426 bits per heavy atom. The van der Waals surface area contributed by atoms with Gasteiger partial charge in [0.2, 0.25) is 0 Å². The van der Waals surface area contributed by atoms with E-state index in [4.69, 9.17) is 18.9 Å². The van der Waals surface area contributed by atoms with Crippen LogP contribution in [-0.4, -0.2) is 82.3 Å². The van der Waals surface area contributed by atoms with Gasteiger partial charge in [0, 0.05) is 12.8 Å². The number of quaternary nitrogens is 1. The first-order valence-corrected chi connectivity index (χ1v) is 29.3. The number of rotatable bonds is 55. The number of ether oxygens (including phenoxy) is 4. The highest BCUT2D eigenvalue weighted by Crippen LogP contribution is 2.17. The van der Waals surface area contributed by atoms with Crippen molar-refractivity contribution in [2.75, 3.05) is 47.5 Å². The number of carbonyl (C=O) groups is 3. The zero-order valence-electron chi connectivity index (χ0n) is 45.8. The molecule has 0 bridgehead atoms. The molecule has 0 saturated carbocycles. The van der Waals surface area contributed by atoms with E-state index in [2.05, 4.69) is 26.0 Å². The van der Waals surface area contributed by atoms with Gasteiger partial charge in [0.05, 0.1) is 40.3 Å². The highest BCUT2D eigenvalue weighted by molar-refractivity contribution is 5.70. The van der Waals surface area contributed by atoms with Crippen LogP contribution in [0.15, 0.2) is 12.2 Å². The van der Waals surface area contributed by atoms with Crippen LogP contribution in [0.2, 0.25) is 0 Å². The van der Waals surface area contributed by atoms with Crippen molar-refractivity contribution in [3.05, 3.63) is 12.2 Å². The molecule has 0 aromatic heterocycles. The van der Waals surface area contributed by atoms with Crippen molar-refractivity contribution in [3.63, 3.8) is 0 Å². The molecule has 0 radical (unpaired) electrons. The van der Waals surface area contributed by atoms with Crippen LogP contribution >= 0.6 is 0 Å². The maximum atomic E-state index is 12.9. The minimum atomic E-state index is -1.62. The third-order valence-corrected chi connectivity index (χ3v) is 13.3. The van der Waals surface area contributed by atoms with Gasteiger partial charge in [-0.05, 0) is 38.5 Å². The first kappa shape index (κ1) is 66.0. The summed E-state index contributed by atoms with van der Waals surface area (Å²) in [5, 5.41) is 11.8. The number of allylic oxidation sites excluding steroid dienone is 2. The van der Waals surface area contributed by atoms with Crippen LogP contribution in [0.1, 0.15) is 290 Å². The molecule has 0 aromatic carbocycles. The Morgan fingerprint density at radius 3 is 1.09 bits per heavy atom. The Balaban J connectivity index is 4.19. The molecule has 0 fully saturated rings. The molecule has 0 aliphatic heterocycles. The Labute approximate surface area is 421 Å². The second-order valence-corrected chi connectivity index (χ2v) is 21.3. The van der Waals surface area contributed by atoms with Crippen molar-refractivity contribution in [2.45, 2.75) is 302 Å². The van der Waals surface area contributed by atoms with E-state index >= 15 is 0 Å². The van der Waals surface area contributed by atoms with Crippen LogP contribution in [-0.2, 0) is 33.3 Å². The summed E-state index contributed by atoms with van der Waals surface area (Å²) in [5.41, 5.74) is 0. The van der Waals surface area contributed by atoms with E-state index in [0.29, 0.717) is 17.4 Å². The monoisotopic (exact) mass is 964 g/mol. The molecule has 0 amide bonds. The number of aliphatic carboxylic acids is 1. The van der Waals surface area contributed by atoms with Crippen molar-refractivity contribution < 1.29 is 42.9 Å². The standard InChI is InChI=1S/C59H113NO8/c1-6-8-10-12-14-16-18-20-22-24-26-27-28-29-30-31-32-34-36-38-40-42-44-46-48-50-57(62)68-55(54-67-59(58(63)64)65-52-51-60(3,4)5)53-66-56(61)49-47-45-43-41-39-37-35-33-25-23-21-19-17-15-13-11-9-7-2/h24,26,55,59H,6-23,25,27-54H2,1-5H3/b26-24-. The third-order valence-electron chi connectivity index (χ3n) is 13.3. The summed E-state index contributed by atoms with van der Waals surface area (Å²) in [4.78, 5) is 37.3. The Hall–Kier alpha value is -1.97. The predicted octanol–water partition coefficient (Wildman–Crippen LogP) is 15.6. The first-order valence-electron chi connectivity index (χ1n) is 29.3. The number of nitrogens with zero attached hydrogens (tertiary/aromatic N) is 1. The van der Waals surface area contributed by atoms with E-state index in [1.165, 1.54) is 225 Å². The van der Waals surface area contributed by atoms with E-state index in [1.807, 2.05) is 21.1 Å². The summed E-state index contributed by atoms with van der Waals surface area (Å²) in [6.07, 6.45) is 55.4. The average Bonchev–Trinajstić information content (AvgIpc) is 3.30. The number of likely N-dealkylation sites (N-methyl/N-ethyl adjacent to an activating group) is 1. The number of carbonyl (C=O) groups excluding carboxylic acids is 3. The van der Waals surface area contributed by atoms with Gasteiger partial charge in [0.25, 0.3) is 0 Å². The SMILES string of the molecule is CCCCCCCCCC/C=C\CCCCCCCCCCCCCCCC(=O)OC(COC(=O)CCCCCCCCCCCCCCCCCCCC)COC(OCC[N+](C)(C)C)C(=O)[O-]. The number of carboxylic acid groups (broad SMARTS) is 1. The summed E-state index contributed by atoms with van der Waals surface area (Å²) in [7, 11) is 5.93. The van der Waals surface area contributed by atoms with Crippen molar-refractivity contribution >= 4 is 17.9 Å². The van der Waals surface area contributed by atoms with Crippen molar-refractivity contribution in [1.29, 1.82) is 0 Å². The molecule has 402 valence electrons.